The summed E-state index contributed by atoms with van der Waals surface area (Å²) in [5.74, 6) is 2.62. The predicted molar refractivity (Wildman–Crippen MR) is 62.5 cm³/mol. The van der Waals surface area contributed by atoms with Crippen LogP contribution in [0.25, 0.3) is 0 Å². The van der Waals surface area contributed by atoms with E-state index in [0.29, 0.717) is 0 Å². The first kappa shape index (κ1) is 11.3. The minimum Gasteiger partial charge on any atom is -0.326 e. The number of anilines is 1. The van der Waals surface area contributed by atoms with Gasteiger partial charge in [0.15, 0.2) is 0 Å². The van der Waals surface area contributed by atoms with Crippen LogP contribution >= 0.6 is 0 Å². The Labute approximate surface area is 90.7 Å². The molecule has 0 unspecified atom stereocenters. The third-order valence-corrected chi connectivity index (χ3v) is 2.38. The van der Waals surface area contributed by atoms with Crippen LogP contribution in [0.3, 0.4) is 0 Å². The Balaban J connectivity index is 2.66. The van der Waals surface area contributed by atoms with Crippen LogP contribution in [0.4, 0.5) is 5.69 Å². The Morgan fingerprint density at radius 1 is 1.47 bits per heavy atom. The van der Waals surface area contributed by atoms with Crippen LogP contribution in [0.2, 0.25) is 0 Å². The van der Waals surface area contributed by atoms with E-state index >= 15 is 0 Å². The number of benzene rings is 1. The van der Waals surface area contributed by atoms with E-state index in [-0.39, 0.29) is 11.8 Å². The summed E-state index contributed by atoms with van der Waals surface area (Å²) in [6, 6.07) is 7.25. The number of nitrogens with one attached hydrogen (secondary N) is 1. The highest BCUT2D eigenvalue weighted by Gasteiger charge is 2.09. The molecule has 0 saturated heterocycles. The summed E-state index contributed by atoms with van der Waals surface area (Å²) in [4.78, 5) is 11.5. The van der Waals surface area contributed by atoms with Crippen molar-refractivity contribution < 1.29 is 4.79 Å². The monoisotopic (exact) mass is 201 g/mol. The van der Waals surface area contributed by atoms with Gasteiger partial charge in [0.05, 0.1) is 0 Å². The van der Waals surface area contributed by atoms with E-state index in [1.165, 1.54) is 0 Å². The topological polar surface area (TPSA) is 29.1 Å². The van der Waals surface area contributed by atoms with Gasteiger partial charge < -0.3 is 5.32 Å². The third-order valence-electron chi connectivity index (χ3n) is 2.38. The molecule has 1 rings (SSSR count). The minimum absolute atomic E-state index is 0.0392. The predicted octanol–water partition coefficient (Wildman–Crippen LogP) is 2.65. The first-order chi connectivity index (χ1) is 7.17. The number of carbonyl (C=O) groups is 1. The normalized spacial score (nSPS) is 11.5. The Hall–Kier alpha value is -1.75. The summed E-state index contributed by atoms with van der Waals surface area (Å²) in [5, 5.41) is 2.84. The molecule has 0 saturated carbocycles. The summed E-state index contributed by atoms with van der Waals surface area (Å²) in [6.07, 6.45) is 6.08. The summed E-state index contributed by atoms with van der Waals surface area (Å²) in [6.45, 7) is 3.90. The number of amides is 1. The number of terminal acetylenes is 1. The number of hydrogen-bond donors (Lipinski definition) is 1. The van der Waals surface area contributed by atoms with E-state index in [1.807, 2.05) is 38.1 Å². The lowest BCUT2D eigenvalue weighted by Crippen LogP contribution is -2.19. The van der Waals surface area contributed by atoms with Gasteiger partial charge in [0.25, 0.3) is 0 Å². The van der Waals surface area contributed by atoms with Crippen molar-refractivity contribution in [2.75, 3.05) is 5.32 Å². The van der Waals surface area contributed by atoms with Crippen LogP contribution in [0.1, 0.15) is 25.8 Å². The first-order valence-electron chi connectivity index (χ1n) is 5.05. The maximum absolute atomic E-state index is 11.5. The Kier molecular flexibility index (Phi) is 3.93. The van der Waals surface area contributed by atoms with Crippen molar-refractivity contribution in [2.24, 2.45) is 5.92 Å². The van der Waals surface area contributed by atoms with Gasteiger partial charge in [0.1, 0.15) is 0 Å². The maximum Gasteiger partial charge on any atom is 0.227 e. The van der Waals surface area contributed by atoms with Crippen LogP contribution in [0, 0.1) is 18.3 Å². The molecule has 1 aromatic carbocycles. The number of hydrogen-bond acceptors (Lipinski definition) is 1. The number of rotatable bonds is 3. The fraction of sp³-hybridized carbons (Fsp3) is 0.308. The summed E-state index contributed by atoms with van der Waals surface area (Å²) >= 11 is 0. The van der Waals surface area contributed by atoms with Gasteiger partial charge in [-0.3, -0.25) is 4.79 Å². The van der Waals surface area contributed by atoms with Crippen molar-refractivity contribution in [3.8, 4) is 12.3 Å². The third kappa shape index (κ3) is 3.14. The second-order valence-electron chi connectivity index (χ2n) is 3.52. The van der Waals surface area contributed by atoms with E-state index in [9.17, 15) is 4.79 Å². The van der Waals surface area contributed by atoms with Gasteiger partial charge in [-0.1, -0.05) is 19.8 Å². The lowest BCUT2D eigenvalue weighted by Gasteiger charge is -2.09. The zero-order chi connectivity index (χ0) is 11.3. The van der Waals surface area contributed by atoms with Crippen molar-refractivity contribution in [2.45, 2.75) is 20.3 Å². The fourth-order valence-corrected chi connectivity index (χ4v) is 1.10. The van der Waals surface area contributed by atoms with Crippen LogP contribution in [0.15, 0.2) is 24.3 Å². The molecule has 0 heterocycles. The average Bonchev–Trinajstić information content (AvgIpc) is 2.29. The summed E-state index contributed by atoms with van der Waals surface area (Å²) in [5.41, 5.74) is 1.61. The fourth-order valence-electron chi connectivity index (χ4n) is 1.10. The zero-order valence-corrected chi connectivity index (χ0v) is 9.08. The summed E-state index contributed by atoms with van der Waals surface area (Å²) in [7, 11) is 0. The molecule has 1 N–H and O–H groups in total. The van der Waals surface area contributed by atoms with Crippen molar-refractivity contribution in [1.29, 1.82) is 0 Å². The molecule has 1 atom stereocenters. The molecule has 0 radical (unpaired) electrons. The molecule has 2 heteroatoms. The van der Waals surface area contributed by atoms with Gasteiger partial charge in [-0.15, -0.1) is 6.42 Å². The molecule has 0 aliphatic rings. The van der Waals surface area contributed by atoms with Crippen LogP contribution in [0.5, 0.6) is 0 Å². The van der Waals surface area contributed by atoms with E-state index < -0.39 is 0 Å². The van der Waals surface area contributed by atoms with Crippen LogP contribution < -0.4 is 5.32 Å². The van der Waals surface area contributed by atoms with Gasteiger partial charge in [-0.25, -0.2) is 0 Å². The lowest BCUT2D eigenvalue weighted by atomic mass is 10.1. The second kappa shape index (κ2) is 5.21. The van der Waals surface area contributed by atoms with Crippen molar-refractivity contribution in [3.05, 3.63) is 29.8 Å². The first-order valence-corrected chi connectivity index (χ1v) is 5.05. The Morgan fingerprint density at radius 3 is 2.53 bits per heavy atom. The highest BCUT2D eigenvalue weighted by atomic mass is 16.1. The highest BCUT2D eigenvalue weighted by molar-refractivity contribution is 5.92. The van der Waals surface area contributed by atoms with Gasteiger partial charge in [0.2, 0.25) is 5.91 Å². The molecule has 0 aliphatic heterocycles. The molecule has 0 fully saturated rings. The van der Waals surface area contributed by atoms with E-state index in [2.05, 4.69) is 11.2 Å². The maximum atomic E-state index is 11.5. The molecule has 0 aromatic heterocycles. The number of carbonyl (C=O) groups excluding carboxylic acids is 1. The average molecular weight is 201 g/mol. The highest BCUT2D eigenvalue weighted by Crippen LogP contribution is 2.11. The minimum atomic E-state index is 0.0392. The van der Waals surface area contributed by atoms with Gasteiger partial charge in [-0.2, -0.15) is 0 Å². The Bertz CT molecular complexity index is 373. The van der Waals surface area contributed by atoms with Gasteiger partial charge in [-0.05, 0) is 30.7 Å². The van der Waals surface area contributed by atoms with E-state index in [1.54, 1.807) is 0 Å². The summed E-state index contributed by atoms with van der Waals surface area (Å²) < 4.78 is 0. The molecular weight excluding hydrogens is 186 g/mol. The Morgan fingerprint density at radius 2 is 2.07 bits per heavy atom. The molecule has 1 amide bonds. The molecule has 15 heavy (non-hydrogen) atoms. The quantitative estimate of drug-likeness (QED) is 0.748. The second-order valence-corrected chi connectivity index (χ2v) is 3.52. The molecule has 0 aliphatic carbocycles. The molecule has 0 spiro atoms. The molecule has 2 nitrogen and oxygen atoms in total. The van der Waals surface area contributed by atoms with Crippen LogP contribution in [-0.2, 0) is 4.79 Å². The van der Waals surface area contributed by atoms with Crippen LogP contribution in [-0.4, -0.2) is 5.91 Å². The van der Waals surface area contributed by atoms with Gasteiger partial charge in [0, 0.05) is 17.2 Å². The standard InChI is InChI=1S/C13H15NO/c1-4-10(3)13(15)14-12-8-6-11(5-2)7-9-12/h2,6-10H,4H2,1,3H3,(H,14,15)/t10-/m0/s1. The van der Waals surface area contributed by atoms with Gasteiger partial charge >= 0.3 is 0 Å². The SMILES string of the molecule is C#Cc1ccc(NC(=O)[C@@H](C)CC)cc1. The van der Waals surface area contributed by atoms with Crippen molar-refractivity contribution >= 4 is 11.6 Å². The van der Waals surface area contributed by atoms with E-state index in [0.717, 1.165) is 17.7 Å². The van der Waals surface area contributed by atoms with Crippen molar-refractivity contribution in [1.82, 2.24) is 0 Å². The molecule has 0 bridgehead atoms. The molecule has 78 valence electrons. The molecular formula is C13H15NO. The lowest BCUT2D eigenvalue weighted by molar-refractivity contribution is -0.119. The largest absolute Gasteiger partial charge is 0.326 e. The smallest absolute Gasteiger partial charge is 0.227 e. The van der Waals surface area contributed by atoms with Crippen molar-refractivity contribution in [3.63, 3.8) is 0 Å². The molecule has 1 aromatic rings. The van der Waals surface area contributed by atoms with E-state index in [4.69, 9.17) is 6.42 Å². The zero-order valence-electron chi connectivity index (χ0n) is 9.08.